The third-order valence-electron chi connectivity index (χ3n) is 4.70. The summed E-state index contributed by atoms with van der Waals surface area (Å²) in [5.41, 5.74) is 2.54. The van der Waals surface area contributed by atoms with E-state index < -0.39 is 17.5 Å². The van der Waals surface area contributed by atoms with Gasteiger partial charge in [-0.2, -0.15) is 5.01 Å². The van der Waals surface area contributed by atoms with Crippen LogP contribution < -0.4 is 10.7 Å². The number of hydrazine groups is 1. The first-order valence-corrected chi connectivity index (χ1v) is 9.62. The lowest BCUT2D eigenvalue weighted by Gasteiger charge is -2.23. The van der Waals surface area contributed by atoms with Crippen LogP contribution in [0.25, 0.3) is 0 Å². The maximum Gasteiger partial charge on any atom is 0.344 e. The Balaban J connectivity index is 1.95. The molecule has 1 aromatic rings. The number of nitrogens with one attached hydrogen (secondary N) is 2. The lowest BCUT2D eigenvalue weighted by atomic mass is 9.93. The van der Waals surface area contributed by atoms with Crippen molar-refractivity contribution >= 4 is 17.8 Å². The largest absolute Gasteiger partial charge is 0.344 e. The van der Waals surface area contributed by atoms with Gasteiger partial charge >= 0.3 is 6.03 Å². The lowest BCUT2D eigenvalue weighted by molar-refractivity contribution is -0.139. The first kappa shape index (κ1) is 20.9. The molecule has 1 heterocycles. The Morgan fingerprint density at radius 1 is 1.15 bits per heavy atom. The van der Waals surface area contributed by atoms with Gasteiger partial charge in [-0.1, -0.05) is 44.2 Å². The Hall–Kier alpha value is -2.41. The van der Waals surface area contributed by atoms with Gasteiger partial charge in [0.15, 0.2) is 0 Å². The fourth-order valence-corrected chi connectivity index (χ4v) is 3.26. The summed E-state index contributed by atoms with van der Waals surface area (Å²) in [7, 11) is 0. The number of imide groups is 1. The Morgan fingerprint density at radius 2 is 1.78 bits per heavy atom. The highest BCUT2D eigenvalue weighted by Crippen LogP contribution is 2.22. The molecule has 1 atom stereocenters. The first-order valence-electron chi connectivity index (χ1n) is 9.62. The molecule has 1 saturated heterocycles. The average Bonchev–Trinajstić information content (AvgIpc) is 2.85. The van der Waals surface area contributed by atoms with E-state index in [9.17, 15) is 14.4 Å². The zero-order valence-corrected chi connectivity index (χ0v) is 16.5. The molecule has 0 spiro atoms. The summed E-state index contributed by atoms with van der Waals surface area (Å²) in [5.74, 6) is -0.776. The van der Waals surface area contributed by atoms with E-state index in [1.54, 1.807) is 6.92 Å². The van der Waals surface area contributed by atoms with Crippen molar-refractivity contribution in [1.82, 2.24) is 20.7 Å². The summed E-state index contributed by atoms with van der Waals surface area (Å²) < 4.78 is 0. The average molecular weight is 374 g/mol. The highest BCUT2D eigenvalue weighted by atomic mass is 16.2. The molecule has 148 valence electrons. The van der Waals surface area contributed by atoms with Crippen LogP contribution in [0.2, 0.25) is 0 Å². The number of aryl methyl sites for hydroxylation is 1. The van der Waals surface area contributed by atoms with E-state index in [4.69, 9.17) is 0 Å². The number of hydrogen-bond donors (Lipinski definition) is 2. The minimum atomic E-state index is -1.02. The molecule has 1 aliphatic heterocycles. The molecule has 0 radical (unpaired) electrons. The van der Waals surface area contributed by atoms with Crippen LogP contribution in [0, 0.1) is 0 Å². The molecule has 4 amide bonds. The summed E-state index contributed by atoms with van der Waals surface area (Å²) in [4.78, 5) is 39.3. The molecular weight excluding hydrogens is 344 g/mol. The van der Waals surface area contributed by atoms with Crippen LogP contribution >= 0.6 is 0 Å². The van der Waals surface area contributed by atoms with Crippen molar-refractivity contribution in [2.24, 2.45) is 0 Å². The number of amides is 4. The highest BCUT2D eigenvalue weighted by Gasteiger charge is 2.48. The molecule has 7 nitrogen and oxygen atoms in total. The summed E-state index contributed by atoms with van der Waals surface area (Å²) in [5, 5.41) is 3.54. The number of urea groups is 1. The molecule has 0 bridgehead atoms. The fourth-order valence-electron chi connectivity index (χ4n) is 3.26. The SMILES string of the molecule is CCCN(CCC)CC(=O)NN1C(=O)NC(C)(CCc2ccccc2)C1=O. The van der Waals surface area contributed by atoms with Crippen LogP contribution in [0.5, 0.6) is 0 Å². The molecular formula is C20H30N4O3. The minimum absolute atomic E-state index is 0.166. The van der Waals surface area contributed by atoms with Gasteiger partial charge in [-0.15, -0.1) is 0 Å². The van der Waals surface area contributed by atoms with Crippen molar-refractivity contribution in [3.63, 3.8) is 0 Å². The predicted octanol–water partition coefficient (Wildman–Crippen LogP) is 2.08. The van der Waals surface area contributed by atoms with Crippen LogP contribution in [0.4, 0.5) is 4.79 Å². The number of carbonyl (C=O) groups excluding carboxylic acids is 3. The Bertz CT molecular complexity index is 658. The maximum atomic E-state index is 12.7. The van der Waals surface area contributed by atoms with Gasteiger partial charge in [-0.25, -0.2) is 4.79 Å². The van der Waals surface area contributed by atoms with Crippen molar-refractivity contribution in [2.75, 3.05) is 19.6 Å². The first-order chi connectivity index (χ1) is 12.9. The number of rotatable bonds is 10. The number of carbonyl (C=O) groups is 3. The second-order valence-corrected chi connectivity index (χ2v) is 7.20. The van der Waals surface area contributed by atoms with Crippen LogP contribution in [0.15, 0.2) is 30.3 Å². The molecule has 7 heteroatoms. The van der Waals surface area contributed by atoms with Crippen LogP contribution in [0.3, 0.4) is 0 Å². The smallest absolute Gasteiger partial charge is 0.322 e. The molecule has 1 aliphatic rings. The third kappa shape index (κ3) is 5.53. The van der Waals surface area contributed by atoms with E-state index in [2.05, 4.69) is 24.6 Å². The number of hydrogen-bond acceptors (Lipinski definition) is 4. The second kappa shape index (κ2) is 9.50. The molecule has 0 aliphatic carbocycles. The molecule has 2 N–H and O–H groups in total. The summed E-state index contributed by atoms with van der Waals surface area (Å²) >= 11 is 0. The number of benzene rings is 1. The standard InChI is InChI=1S/C20H30N4O3/c1-4-13-23(14-5-2)15-17(25)22-24-18(26)20(3,21-19(24)27)12-11-16-9-7-6-8-10-16/h6-10H,4-5,11-15H2,1-3H3,(H,21,27)(H,22,25). The highest BCUT2D eigenvalue weighted by molar-refractivity contribution is 6.07. The zero-order valence-electron chi connectivity index (χ0n) is 16.5. The molecule has 27 heavy (non-hydrogen) atoms. The molecule has 2 rings (SSSR count). The van der Waals surface area contributed by atoms with Crippen molar-refractivity contribution in [1.29, 1.82) is 0 Å². The number of nitrogens with zero attached hydrogens (tertiary/aromatic N) is 2. The summed E-state index contributed by atoms with van der Waals surface area (Å²) in [6, 6.07) is 9.21. The van der Waals surface area contributed by atoms with Gasteiger partial charge in [-0.3, -0.25) is 19.9 Å². The topological polar surface area (TPSA) is 81.8 Å². The van der Waals surface area contributed by atoms with Gasteiger partial charge in [0.1, 0.15) is 5.54 Å². The van der Waals surface area contributed by atoms with E-state index in [-0.39, 0.29) is 12.5 Å². The van der Waals surface area contributed by atoms with E-state index in [0.29, 0.717) is 12.8 Å². The molecule has 0 saturated carbocycles. The molecule has 1 unspecified atom stereocenters. The normalized spacial score (nSPS) is 19.5. The van der Waals surface area contributed by atoms with Crippen molar-refractivity contribution in [3.05, 3.63) is 35.9 Å². The van der Waals surface area contributed by atoms with Crippen molar-refractivity contribution in [3.8, 4) is 0 Å². The van der Waals surface area contributed by atoms with E-state index >= 15 is 0 Å². The Kier molecular flexibility index (Phi) is 7.36. The quantitative estimate of drug-likeness (QED) is 0.615. The monoisotopic (exact) mass is 374 g/mol. The summed E-state index contributed by atoms with van der Waals surface area (Å²) in [6.45, 7) is 7.57. The minimum Gasteiger partial charge on any atom is -0.322 e. The Morgan fingerprint density at radius 3 is 2.37 bits per heavy atom. The predicted molar refractivity (Wildman–Crippen MR) is 104 cm³/mol. The summed E-state index contributed by atoms with van der Waals surface area (Å²) in [6.07, 6.45) is 3.00. The van der Waals surface area contributed by atoms with Crippen molar-refractivity contribution in [2.45, 2.75) is 52.0 Å². The van der Waals surface area contributed by atoms with Gasteiger partial charge < -0.3 is 5.32 Å². The fraction of sp³-hybridized carbons (Fsp3) is 0.550. The third-order valence-corrected chi connectivity index (χ3v) is 4.70. The van der Waals surface area contributed by atoms with E-state index in [0.717, 1.165) is 36.5 Å². The van der Waals surface area contributed by atoms with Gasteiger partial charge in [0, 0.05) is 0 Å². The second-order valence-electron chi connectivity index (χ2n) is 7.20. The van der Waals surface area contributed by atoms with Crippen LogP contribution in [0.1, 0.15) is 45.6 Å². The molecule has 1 aromatic carbocycles. The van der Waals surface area contributed by atoms with Gasteiger partial charge in [0.25, 0.3) is 11.8 Å². The lowest BCUT2D eigenvalue weighted by Crippen LogP contribution is -2.51. The van der Waals surface area contributed by atoms with Crippen LogP contribution in [-0.4, -0.2) is 52.9 Å². The van der Waals surface area contributed by atoms with Gasteiger partial charge in [0.05, 0.1) is 6.54 Å². The molecule has 0 aromatic heterocycles. The van der Waals surface area contributed by atoms with Gasteiger partial charge in [0.2, 0.25) is 0 Å². The van der Waals surface area contributed by atoms with E-state index in [1.807, 2.05) is 35.2 Å². The Labute approximate surface area is 161 Å². The van der Waals surface area contributed by atoms with Crippen molar-refractivity contribution < 1.29 is 14.4 Å². The van der Waals surface area contributed by atoms with E-state index in [1.165, 1.54) is 0 Å². The maximum absolute atomic E-state index is 12.7. The van der Waals surface area contributed by atoms with Gasteiger partial charge in [-0.05, 0) is 51.3 Å². The zero-order chi connectivity index (χ0) is 19.9. The van der Waals surface area contributed by atoms with Crippen LogP contribution in [-0.2, 0) is 16.0 Å². The molecule has 1 fully saturated rings.